The molecule has 0 saturated carbocycles. The minimum atomic E-state index is -0.0474. The van der Waals surface area contributed by atoms with Crippen molar-refractivity contribution in [3.8, 4) is 5.75 Å². The molecule has 2 aliphatic heterocycles. The van der Waals surface area contributed by atoms with Gasteiger partial charge in [0.2, 0.25) is 0 Å². The van der Waals surface area contributed by atoms with Gasteiger partial charge in [-0.3, -0.25) is 9.69 Å². The fourth-order valence-corrected chi connectivity index (χ4v) is 5.80. The molecule has 32 heavy (non-hydrogen) atoms. The summed E-state index contributed by atoms with van der Waals surface area (Å²) in [5, 5.41) is 0.677. The molecular weight excluding hydrogens is 418 g/mol. The second kappa shape index (κ2) is 8.66. The SMILES string of the molecule is CCN1c2cc(OC)c(/C=C3/SC(=Nc4ccccc4)N(C)C3=O)cc2C(C)CC1(C)C. The Balaban J connectivity index is 1.74. The number of methoxy groups -OCH3 is 1. The first-order valence-corrected chi connectivity index (χ1v) is 11.9. The number of aliphatic imine (C=N–C) groups is 1. The number of amidine groups is 1. The molecule has 2 aromatic carbocycles. The minimum absolute atomic E-state index is 0.0474. The molecule has 2 aromatic rings. The molecule has 1 amide bonds. The minimum Gasteiger partial charge on any atom is -0.496 e. The summed E-state index contributed by atoms with van der Waals surface area (Å²) in [6.07, 6.45) is 3.03. The van der Waals surface area contributed by atoms with Crippen molar-refractivity contribution in [1.82, 2.24) is 4.90 Å². The average Bonchev–Trinajstić information content (AvgIpc) is 3.02. The van der Waals surface area contributed by atoms with Crippen LogP contribution in [0.1, 0.15) is 51.2 Å². The Kier molecular flexibility index (Phi) is 6.08. The van der Waals surface area contributed by atoms with Gasteiger partial charge in [-0.1, -0.05) is 25.1 Å². The fraction of sp³-hybridized carbons (Fsp3) is 0.385. The van der Waals surface area contributed by atoms with E-state index in [2.05, 4.69) is 49.7 Å². The van der Waals surface area contributed by atoms with Crippen LogP contribution in [0.25, 0.3) is 6.08 Å². The topological polar surface area (TPSA) is 45.1 Å². The summed E-state index contributed by atoms with van der Waals surface area (Å²) in [6.45, 7) is 10.0. The molecule has 0 aromatic heterocycles. The number of benzene rings is 2. The van der Waals surface area contributed by atoms with Gasteiger partial charge in [-0.15, -0.1) is 0 Å². The molecule has 2 aliphatic rings. The second-order valence-electron chi connectivity index (χ2n) is 9.02. The maximum atomic E-state index is 13.0. The Morgan fingerprint density at radius 2 is 1.97 bits per heavy atom. The van der Waals surface area contributed by atoms with Gasteiger partial charge in [-0.05, 0) is 74.7 Å². The number of carbonyl (C=O) groups is 1. The maximum absolute atomic E-state index is 13.0. The number of likely N-dealkylation sites (N-methyl/N-ethyl adjacent to an activating group) is 1. The van der Waals surface area contributed by atoms with E-state index in [9.17, 15) is 4.79 Å². The zero-order chi connectivity index (χ0) is 23.0. The lowest BCUT2D eigenvalue weighted by Gasteiger charge is -2.47. The highest BCUT2D eigenvalue weighted by Gasteiger charge is 2.36. The van der Waals surface area contributed by atoms with Crippen molar-refractivity contribution >= 4 is 40.3 Å². The van der Waals surface area contributed by atoms with Crippen molar-refractivity contribution in [2.45, 2.75) is 45.6 Å². The summed E-state index contributed by atoms with van der Waals surface area (Å²) in [5.74, 6) is 1.16. The number of nitrogens with zero attached hydrogens (tertiary/aromatic N) is 3. The van der Waals surface area contributed by atoms with Gasteiger partial charge in [0.1, 0.15) is 5.75 Å². The number of hydrogen-bond donors (Lipinski definition) is 0. The van der Waals surface area contributed by atoms with E-state index >= 15 is 0 Å². The lowest BCUT2D eigenvalue weighted by atomic mass is 9.79. The van der Waals surface area contributed by atoms with Crippen LogP contribution in [0.15, 0.2) is 52.4 Å². The molecular formula is C26H31N3O2S. The monoisotopic (exact) mass is 449 g/mol. The van der Waals surface area contributed by atoms with E-state index in [4.69, 9.17) is 4.74 Å². The first kappa shape index (κ1) is 22.5. The molecule has 0 spiro atoms. The molecule has 1 saturated heterocycles. The second-order valence-corrected chi connectivity index (χ2v) is 10.0. The van der Waals surface area contributed by atoms with Crippen LogP contribution >= 0.6 is 11.8 Å². The summed E-state index contributed by atoms with van der Waals surface area (Å²) in [4.78, 5) is 22.3. The fourth-order valence-electron chi connectivity index (χ4n) is 4.82. The standard InChI is InChI=1S/C26H31N3O2S/c1-7-29-21-15-22(31-6)18(13-20(21)17(2)16-26(29,3)4)14-23-24(30)28(5)25(32-23)27-19-11-9-8-10-12-19/h8-15,17H,7,16H2,1-6H3/b23-14+,27-25?. The number of amides is 1. The molecule has 4 rings (SSSR count). The third kappa shape index (κ3) is 4.04. The zero-order valence-corrected chi connectivity index (χ0v) is 20.5. The van der Waals surface area contributed by atoms with E-state index in [1.165, 1.54) is 23.0 Å². The Labute approximate surface area is 195 Å². The zero-order valence-electron chi connectivity index (χ0n) is 19.7. The van der Waals surface area contributed by atoms with Gasteiger partial charge < -0.3 is 9.64 Å². The normalized spacial score (nSPS) is 22.6. The molecule has 0 aliphatic carbocycles. The van der Waals surface area contributed by atoms with Gasteiger partial charge >= 0.3 is 0 Å². The highest BCUT2D eigenvalue weighted by atomic mass is 32.2. The summed E-state index contributed by atoms with van der Waals surface area (Å²) in [5.41, 5.74) is 4.39. The van der Waals surface area contributed by atoms with Gasteiger partial charge in [-0.2, -0.15) is 0 Å². The predicted molar refractivity (Wildman–Crippen MR) is 135 cm³/mol. The lowest BCUT2D eigenvalue weighted by Crippen LogP contribution is -2.48. The van der Waals surface area contributed by atoms with Crippen LogP contribution in [0.3, 0.4) is 0 Å². The molecule has 5 nitrogen and oxygen atoms in total. The van der Waals surface area contributed by atoms with Crippen LogP contribution in [-0.2, 0) is 4.79 Å². The third-order valence-corrected chi connectivity index (χ3v) is 7.38. The molecule has 0 bridgehead atoms. The number of carbonyl (C=O) groups excluding carboxylic acids is 1. The number of para-hydroxylation sites is 1. The van der Waals surface area contributed by atoms with Gasteiger partial charge in [0.25, 0.3) is 5.91 Å². The van der Waals surface area contributed by atoms with Crippen molar-refractivity contribution < 1.29 is 9.53 Å². The van der Waals surface area contributed by atoms with Crippen LogP contribution in [0.2, 0.25) is 0 Å². The predicted octanol–water partition coefficient (Wildman–Crippen LogP) is 6.04. The Morgan fingerprint density at radius 3 is 2.62 bits per heavy atom. The van der Waals surface area contributed by atoms with Crippen molar-refractivity contribution in [3.05, 3.63) is 58.5 Å². The highest BCUT2D eigenvalue weighted by molar-refractivity contribution is 8.18. The molecule has 0 N–H and O–H groups in total. The molecule has 0 radical (unpaired) electrons. The number of hydrogen-bond acceptors (Lipinski definition) is 5. The lowest BCUT2D eigenvalue weighted by molar-refractivity contribution is -0.121. The first-order chi connectivity index (χ1) is 15.2. The van der Waals surface area contributed by atoms with Crippen molar-refractivity contribution in [3.63, 3.8) is 0 Å². The van der Waals surface area contributed by atoms with Gasteiger partial charge in [0.15, 0.2) is 5.17 Å². The third-order valence-electron chi connectivity index (χ3n) is 6.32. The number of fused-ring (bicyclic) bond motifs is 1. The molecule has 1 atom stereocenters. The maximum Gasteiger partial charge on any atom is 0.266 e. The summed E-state index contributed by atoms with van der Waals surface area (Å²) in [6, 6.07) is 14.0. The van der Waals surface area contributed by atoms with Crippen molar-refractivity contribution in [2.24, 2.45) is 4.99 Å². The molecule has 1 unspecified atom stereocenters. The van der Waals surface area contributed by atoms with Crippen LogP contribution in [0, 0.1) is 0 Å². The summed E-state index contributed by atoms with van der Waals surface area (Å²) in [7, 11) is 3.46. The largest absolute Gasteiger partial charge is 0.496 e. The number of thioether (sulfide) groups is 1. The molecule has 1 fully saturated rings. The number of ether oxygens (including phenoxy) is 1. The highest BCUT2D eigenvalue weighted by Crippen LogP contribution is 2.46. The summed E-state index contributed by atoms with van der Waals surface area (Å²) < 4.78 is 5.77. The van der Waals surface area contributed by atoms with E-state index in [-0.39, 0.29) is 11.4 Å². The molecule has 168 valence electrons. The van der Waals surface area contributed by atoms with Crippen molar-refractivity contribution in [1.29, 1.82) is 0 Å². The smallest absolute Gasteiger partial charge is 0.266 e. The molecule has 6 heteroatoms. The van der Waals surface area contributed by atoms with Gasteiger partial charge in [-0.25, -0.2) is 4.99 Å². The van der Waals surface area contributed by atoms with E-state index in [1.54, 1.807) is 19.1 Å². The Bertz CT molecular complexity index is 1090. The van der Waals surface area contributed by atoms with E-state index in [0.29, 0.717) is 16.0 Å². The number of rotatable bonds is 4. The molecule has 2 heterocycles. The van der Waals surface area contributed by atoms with E-state index in [0.717, 1.165) is 30.0 Å². The van der Waals surface area contributed by atoms with E-state index in [1.807, 2.05) is 36.4 Å². The van der Waals surface area contributed by atoms with Gasteiger partial charge in [0, 0.05) is 36.4 Å². The average molecular weight is 450 g/mol. The Hall–Kier alpha value is -2.73. The van der Waals surface area contributed by atoms with E-state index < -0.39 is 0 Å². The Morgan fingerprint density at radius 1 is 1.25 bits per heavy atom. The van der Waals surface area contributed by atoms with Gasteiger partial charge in [0.05, 0.1) is 17.7 Å². The van der Waals surface area contributed by atoms with Crippen LogP contribution in [0.4, 0.5) is 11.4 Å². The van der Waals surface area contributed by atoms with Crippen LogP contribution in [0.5, 0.6) is 5.75 Å². The number of anilines is 1. The quantitative estimate of drug-likeness (QED) is 0.534. The van der Waals surface area contributed by atoms with Crippen LogP contribution in [-0.4, -0.2) is 42.2 Å². The van der Waals surface area contributed by atoms with Crippen LogP contribution < -0.4 is 9.64 Å². The first-order valence-electron chi connectivity index (χ1n) is 11.1. The van der Waals surface area contributed by atoms with Crippen molar-refractivity contribution in [2.75, 3.05) is 25.6 Å². The summed E-state index contributed by atoms with van der Waals surface area (Å²) >= 11 is 1.40.